The maximum absolute atomic E-state index is 5.69. The van der Waals surface area contributed by atoms with E-state index in [1.165, 1.54) is 44.5 Å². The Hall–Kier alpha value is -1.06. The van der Waals surface area contributed by atoms with E-state index in [-0.39, 0.29) is 0 Å². The Morgan fingerprint density at radius 2 is 2.00 bits per heavy atom. The number of benzene rings is 1. The summed E-state index contributed by atoms with van der Waals surface area (Å²) in [5, 5.41) is 3.70. The van der Waals surface area contributed by atoms with Crippen LogP contribution < -0.4 is 10.1 Å². The number of nitrogens with zero attached hydrogens (tertiary/aromatic N) is 1. The van der Waals surface area contributed by atoms with E-state index in [4.69, 9.17) is 4.74 Å². The molecule has 2 rings (SSSR count). The van der Waals surface area contributed by atoms with Crippen molar-refractivity contribution in [2.24, 2.45) is 0 Å². The Kier molecular flexibility index (Phi) is 7.04. The Labute approximate surface area is 129 Å². The van der Waals surface area contributed by atoms with Crippen LogP contribution in [-0.4, -0.2) is 37.2 Å². The van der Waals surface area contributed by atoms with Gasteiger partial charge in [0.1, 0.15) is 5.75 Å². The fraction of sp³-hybridized carbons (Fsp3) is 0.667. The average molecular weight is 290 g/mol. The van der Waals surface area contributed by atoms with Crippen LogP contribution in [0.15, 0.2) is 24.3 Å². The van der Waals surface area contributed by atoms with Crippen LogP contribution in [0.3, 0.4) is 0 Å². The quantitative estimate of drug-likeness (QED) is 0.794. The zero-order valence-corrected chi connectivity index (χ0v) is 13.6. The summed E-state index contributed by atoms with van der Waals surface area (Å²) < 4.78 is 5.69. The van der Waals surface area contributed by atoms with Gasteiger partial charge in [-0.2, -0.15) is 0 Å². The van der Waals surface area contributed by atoms with Crippen LogP contribution in [0.5, 0.6) is 5.75 Å². The molecule has 1 aromatic carbocycles. The van der Waals surface area contributed by atoms with E-state index in [1.807, 2.05) is 6.07 Å². The fourth-order valence-electron chi connectivity index (χ4n) is 2.90. The molecule has 118 valence electrons. The van der Waals surface area contributed by atoms with Crippen molar-refractivity contribution in [3.63, 3.8) is 0 Å². The largest absolute Gasteiger partial charge is 0.494 e. The van der Waals surface area contributed by atoms with Gasteiger partial charge in [0.05, 0.1) is 6.61 Å². The van der Waals surface area contributed by atoms with Crippen LogP contribution in [0, 0.1) is 0 Å². The average Bonchev–Trinajstić information content (AvgIpc) is 2.53. The van der Waals surface area contributed by atoms with E-state index in [0.717, 1.165) is 25.3 Å². The highest BCUT2D eigenvalue weighted by molar-refractivity contribution is 5.28. The Balaban J connectivity index is 1.73. The van der Waals surface area contributed by atoms with Gasteiger partial charge in [-0.05, 0) is 63.0 Å². The molecule has 0 atom stereocenters. The molecule has 0 bridgehead atoms. The molecule has 1 heterocycles. The zero-order chi connectivity index (χ0) is 14.9. The normalized spacial score (nSPS) is 17.0. The van der Waals surface area contributed by atoms with E-state index in [2.05, 4.69) is 42.3 Å². The second-order valence-electron chi connectivity index (χ2n) is 5.99. The summed E-state index contributed by atoms with van der Waals surface area (Å²) in [7, 11) is 0. The minimum absolute atomic E-state index is 0.665. The second kappa shape index (κ2) is 9.06. The summed E-state index contributed by atoms with van der Waals surface area (Å²) in [5.41, 5.74) is 1.32. The molecule has 1 N–H and O–H groups in total. The molecule has 0 radical (unpaired) electrons. The highest BCUT2D eigenvalue weighted by atomic mass is 16.5. The molecule has 0 amide bonds. The Morgan fingerprint density at radius 1 is 1.19 bits per heavy atom. The lowest BCUT2D eigenvalue weighted by Gasteiger charge is -2.32. The molecule has 1 saturated heterocycles. The van der Waals surface area contributed by atoms with E-state index in [9.17, 15) is 0 Å². The van der Waals surface area contributed by atoms with Gasteiger partial charge in [-0.15, -0.1) is 0 Å². The van der Waals surface area contributed by atoms with Crippen molar-refractivity contribution in [1.82, 2.24) is 10.2 Å². The van der Waals surface area contributed by atoms with E-state index >= 15 is 0 Å². The van der Waals surface area contributed by atoms with E-state index < -0.39 is 0 Å². The summed E-state index contributed by atoms with van der Waals surface area (Å²) in [6.45, 7) is 9.88. The van der Waals surface area contributed by atoms with E-state index in [1.54, 1.807) is 0 Å². The van der Waals surface area contributed by atoms with Gasteiger partial charge in [0.25, 0.3) is 0 Å². The minimum atomic E-state index is 0.665. The minimum Gasteiger partial charge on any atom is -0.494 e. The molecule has 0 aliphatic carbocycles. The molecule has 3 heteroatoms. The predicted octanol–water partition coefficient (Wildman–Crippen LogP) is 3.44. The Morgan fingerprint density at radius 3 is 2.71 bits per heavy atom. The summed E-state index contributed by atoms with van der Waals surface area (Å²) in [6, 6.07) is 9.14. The van der Waals surface area contributed by atoms with E-state index in [0.29, 0.717) is 6.04 Å². The number of hydrogen-bond acceptors (Lipinski definition) is 3. The number of hydrogen-bond donors (Lipinski definition) is 1. The van der Waals surface area contributed by atoms with Crippen LogP contribution in [0.2, 0.25) is 0 Å². The maximum Gasteiger partial charge on any atom is 0.119 e. The first kappa shape index (κ1) is 16.3. The monoisotopic (exact) mass is 290 g/mol. The summed E-state index contributed by atoms with van der Waals surface area (Å²) >= 11 is 0. The molecule has 1 fully saturated rings. The van der Waals surface area contributed by atoms with Crippen molar-refractivity contribution < 1.29 is 4.74 Å². The SMILES string of the molecule is CCCOc1cccc(CNC2CCN(CCC)CC2)c1. The molecule has 3 nitrogen and oxygen atoms in total. The van der Waals surface area contributed by atoms with Crippen LogP contribution in [0.25, 0.3) is 0 Å². The smallest absolute Gasteiger partial charge is 0.119 e. The van der Waals surface area contributed by atoms with Gasteiger partial charge >= 0.3 is 0 Å². The highest BCUT2D eigenvalue weighted by Crippen LogP contribution is 2.15. The van der Waals surface area contributed by atoms with Crippen LogP contribution in [0.4, 0.5) is 0 Å². The number of rotatable bonds is 8. The van der Waals surface area contributed by atoms with Gasteiger partial charge in [-0.25, -0.2) is 0 Å². The summed E-state index contributed by atoms with van der Waals surface area (Å²) in [6.07, 6.45) is 4.86. The van der Waals surface area contributed by atoms with Crippen molar-refractivity contribution in [2.75, 3.05) is 26.2 Å². The molecule has 0 unspecified atom stereocenters. The lowest BCUT2D eigenvalue weighted by Crippen LogP contribution is -2.42. The summed E-state index contributed by atoms with van der Waals surface area (Å²) in [5.74, 6) is 0.994. The van der Waals surface area contributed by atoms with Crippen molar-refractivity contribution in [3.05, 3.63) is 29.8 Å². The zero-order valence-electron chi connectivity index (χ0n) is 13.6. The molecule has 0 aromatic heterocycles. The maximum atomic E-state index is 5.69. The standard InChI is InChI=1S/C18H30N2O/c1-3-10-20-11-8-17(9-12-20)19-15-16-6-5-7-18(14-16)21-13-4-2/h5-7,14,17,19H,3-4,8-13,15H2,1-2H3. The topological polar surface area (TPSA) is 24.5 Å². The second-order valence-corrected chi connectivity index (χ2v) is 5.99. The lowest BCUT2D eigenvalue weighted by atomic mass is 10.0. The molecule has 21 heavy (non-hydrogen) atoms. The van der Waals surface area contributed by atoms with Crippen molar-refractivity contribution in [1.29, 1.82) is 0 Å². The number of ether oxygens (including phenoxy) is 1. The van der Waals surface area contributed by atoms with Gasteiger partial charge in [0.15, 0.2) is 0 Å². The summed E-state index contributed by atoms with van der Waals surface area (Å²) in [4.78, 5) is 2.58. The van der Waals surface area contributed by atoms with Gasteiger partial charge in [-0.3, -0.25) is 0 Å². The van der Waals surface area contributed by atoms with Crippen LogP contribution in [0.1, 0.15) is 45.1 Å². The molecular weight excluding hydrogens is 260 g/mol. The third kappa shape index (κ3) is 5.68. The first-order valence-corrected chi connectivity index (χ1v) is 8.49. The molecular formula is C18H30N2O. The highest BCUT2D eigenvalue weighted by Gasteiger charge is 2.17. The fourth-order valence-corrected chi connectivity index (χ4v) is 2.90. The van der Waals surface area contributed by atoms with Gasteiger partial charge in [0, 0.05) is 12.6 Å². The third-order valence-corrected chi connectivity index (χ3v) is 4.09. The number of piperidine rings is 1. The van der Waals surface area contributed by atoms with Crippen LogP contribution >= 0.6 is 0 Å². The lowest BCUT2D eigenvalue weighted by molar-refractivity contribution is 0.197. The molecule has 1 aromatic rings. The third-order valence-electron chi connectivity index (χ3n) is 4.09. The first-order valence-electron chi connectivity index (χ1n) is 8.49. The van der Waals surface area contributed by atoms with Gasteiger partial charge in [-0.1, -0.05) is 26.0 Å². The Bertz CT molecular complexity index is 400. The molecule has 1 aliphatic rings. The predicted molar refractivity (Wildman–Crippen MR) is 88.8 cm³/mol. The first-order chi connectivity index (χ1) is 10.3. The molecule has 1 aliphatic heterocycles. The molecule has 0 saturated carbocycles. The van der Waals surface area contributed by atoms with Crippen molar-refractivity contribution >= 4 is 0 Å². The van der Waals surface area contributed by atoms with Gasteiger partial charge < -0.3 is 15.0 Å². The van der Waals surface area contributed by atoms with Crippen molar-refractivity contribution in [3.8, 4) is 5.75 Å². The van der Waals surface area contributed by atoms with Crippen molar-refractivity contribution in [2.45, 2.75) is 52.1 Å². The number of likely N-dealkylation sites (tertiary alicyclic amines) is 1. The number of nitrogens with one attached hydrogen (secondary N) is 1. The van der Waals surface area contributed by atoms with Gasteiger partial charge in [0.2, 0.25) is 0 Å². The van der Waals surface area contributed by atoms with Crippen LogP contribution in [-0.2, 0) is 6.54 Å². The molecule has 0 spiro atoms.